The summed E-state index contributed by atoms with van der Waals surface area (Å²) >= 11 is 0. The van der Waals surface area contributed by atoms with Crippen LogP contribution in [0.4, 0.5) is 0 Å². The van der Waals surface area contributed by atoms with Crippen molar-refractivity contribution in [1.29, 1.82) is 0 Å². The van der Waals surface area contributed by atoms with Crippen molar-refractivity contribution >= 4 is 11.8 Å². The van der Waals surface area contributed by atoms with Gasteiger partial charge in [-0.05, 0) is 43.1 Å². The van der Waals surface area contributed by atoms with Crippen molar-refractivity contribution in [3.05, 3.63) is 77.0 Å². The van der Waals surface area contributed by atoms with Crippen molar-refractivity contribution in [2.75, 3.05) is 32.7 Å². The predicted molar refractivity (Wildman–Crippen MR) is 132 cm³/mol. The third-order valence-corrected chi connectivity index (χ3v) is 6.55. The first-order valence-corrected chi connectivity index (χ1v) is 11.8. The summed E-state index contributed by atoms with van der Waals surface area (Å²) in [5.74, 6) is 0.0426. The zero-order valence-electron chi connectivity index (χ0n) is 20.1. The average molecular weight is 461 g/mol. The van der Waals surface area contributed by atoms with Gasteiger partial charge in [-0.1, -0.05) is 54.5 Å². The van der Waals surface area contributed by atoms with Crippen LogP contribution in [0.5, 0.6) is 0 Å². The SMILES string of the molecule is CCN1CCN(C(=O)C(Cc2ccccc2)NC(=O)c2cc(-c3ccc(C)c(C)c3)on2)CC1. The van der Waals surface area contributed by atoms with E-state index in [1.165, 1.54) is 5.56 Å². The van der Waals surface area contributed by atoms with Gasteiger partial charge in [-0.25, -0.2) is 0 Å². The fraction of sp³-hybridized carbons (Fsp3) is 0.370. The minimum absolute atomic E-state index is 0.0640. The van der Waals surface area contributed by atoms with Crippen LogP contribution < -0.4 is 5.32 Å². The van der Waals surface area contributed by atoms with Crippen LogP contribution in [0.1, 0.15) is 34.1 Å². The standard InChI is InChI=1S/C27H32N4O3/c1-4-30-12-14-31(15-13-30)27(33)24(17-21-8-6-5-7-9-21)28-26(32)23-18-25(34-29-23)22-11-10-19(2)20(3)16-22/h5-11,16,18,24H,4,12-15,17H2,1-3H3,(H,28,32). The summed E-state index contributed by atoms with van der Waals surface area (Å²) in [6.07, 6.45) is 0.418. The van der Waals surface area contributed by atoms with Crippen molar-refractivity contribution < 1.29 is 14.1 Å². The van der Waals surface area contributed by atoms with Crippen LogP contribution in [0.3, 0.4) is 0 Å². The van der Waals surface area contributed by atoms with E-state index in [9.17, 15) is 9.59 Å². The van der Waals surface area contributed by atoms with Gasteiger partial charge in [-0.15, -0.1) is 0 Å². The molecule has 7 heteroatoms. The van der Waals surface area contributed by atoms with Gasteiger partial charge in [0.25, 0.3) is 5.91 Å². The molecule has 178 valence electrons. The van der Waals surface area contributed by atoms with E-state index >= 15 is 0 Å². The minimum atomic E-state index is -0.676. The number of carbonyl (C=O) groups excluding carboxylic acids is 2. The lowest BCUT2D eigenvalue weighted by atomic mass is 10.0. The largest absolute Gasteiger partial charge is 0.355 e. The van der Waals surface area contributed by atoms with Crippen molar-refractivity contribution in [2.24, 2.45) is 0 Å². The first-order valence-electron chi connectivity index (χ1n) is 11.8. The van der Waals surface area contributed by atoms with E-state index in [0.29, 0.717) is 25.3 Å². The summed E-state index contributed by atoms with van der Waals surface area (Å²) < 4.78 is 5.46. The molecule has 0 bridgehead atoms. The van der Waals surface area contributed by atoms with E-state index in [1.807, 2.05) is 67.3 Å². The zero-order valence-corrected chi connectivity index (χ0v) is 20.1. The second-order valence-electron chi connectivity index (χ2n) is 8.85. The fourth-order valence-electron chi connectivity index (χ4n) is 4.20. The summed E-state index contributed by atoms with van der Waals surface area (Å²) in [5, 5.41) is 6.90. The van der Waals surface area contributed by atoms with Crippen molar-refractivity contribution in [1.82, 2.24) is 20.3 Å². The number of hydrogen-bond donors (Lipinski definition) is 1. The minimum Gasteiger partial charge on any atom is -0.355 e. The molecule has 0 aliphatic carbocycles. The molecule has 3 aromatic rings. The lowest BCUT2D eigenvalue weighted by Crippen LogP contribution is -2.55. The van der Waals surface area contributed by atoms with Crippen LogP contribution >= 0.6 is 0 Å². The molecular formula is C27H32N4O3. The van der Waals surface area contributed by atoms with Crippen LogP contribution in [-0.4, -0.2) is 65.5 Å². The smallest absolute Gasteiger partial charge is 0.274 e. The molecule has 0 saturated carbocycles. The molecule has 1 aliphatic rings. The van der Waals surface area contributed by atoms with Crippen molar-refractivity contribution in [2.45, 2.75) is 33.2 Å². The molecule has 0 spiro atoms. The summed E-state index contributed by atoms with van der Waals surface area (Å²) in [6, 6.07) is 16.7. The number of rotatable bonds is 7. The molecule has 1 fully saturated rings. The Morgan fingerprint density at radius 1 is 1.00 bits per heavy atom. The molecular weight excluding hydrogens is 428 g/mol. The second-order valence-corrected chi connectivity index (χ2v) is 8.85. The molecule has 1 atom stereocenters. The highest BCUT2D eigenvalue weighted by Crippen LogP contribution is 2.23. The molecule has 2 amide bonds. The number of piperazine rings is 1. The average Bonchev–Trinajstić information content (AvgIpc) is 3.36. The number of aromatic nitrogens is 1. The topological polar surface area (TPSA) is 78.7 Å². The van der Waals surface area contributed by atoms with Crippen LogP contribution in [0, 0.1) is 13.8 Å². The number of nitrogens with zero attached hydrogens (tertiary/aromatic N) is 3. The predicted octanol–water partition coefficient (Wildman–Crippen LogP) is 3.46. The number of amides is 2. The molecule has 2 heterocycles. The second kappa shape index (κ2) is 10.7. The van der Waals surface area contributed by atoms with Gasteiger partial charge in [0, 0.05) is 44.2 Å². The molecule has 7 nitrogen and oxygen atoms in total. The molecule has 0 radical (unpaired) electrons. The third kappa shape index (κ3) is 5.54. The summed E-state index contributed by atoms with van der Waals surface area (Å²) in [5.41, 5.74) is 4.33. The highest BCUT2D eigenvalue weighted by Gasteiger charge is 2.29. The van der Waals surface area contributed by atoms with Gasteiger partial charge in [0.15, 0.2) is 11.5 Å². The first-order chi connectivity index (χ1) is 16.4. The molecule has 1 N–H and O–H groups in total. The summed E-state index contributed by atoms with van der Waals surface area (Å²) in [4.78, 5) is 30.7. The maximum Gasteiger partial charge on any atom is 0.274 e. The van der Waals surface area contributed by atoms with Gasteiger partial charge in [-0.2, -0.15) is 0 Å². The maximum absolute atomic E-state index is 13.4. The Hall–Kier alpha value is -3.45. The Morgan fingerprint density at radius 2 is 1.74 bits per heavy atom. The third-order valence-electron chi connectivity index (χ3n) is 6.55. The van der Waals surface area contributed by atoms with Gasteiger partial charge in [0.05, 0.1) is 0 Å². The van der Waals surface area contributed by atoms with Crippen LogP contribution in [0.2, 0.25) is 0 Å². The number of likely N-dealkylation sites (N-methyl/N-ethyl adjacent to an activating group) is 1. The van der Waals surface area contributed by atoms with Gasteiger partial charge >= 0.3 is 0 Å². The van der Waals surface area contributed by atoms with Gasteiger partial charge in [0.2, 0.25) is 5.91 Å². The van der Waals surface area contributed by atoms with Gasteiger partial charge < -0.3 is 19.6 Å². The van der Waals surface area contributed by atoms with E-state index in [2.05, 4.69) is 22.3 Å². The molecule has 1 aliphatic heterocycles. The first kappa shape index (κ1) is 23.7. The van der Waals surface area contributed by atoms with Crippen LogP contribution in [0.25, 0.3) is 11.3 Å². The highest BCUT2D eigenvalue weighted by atomic mass is 16.5. The number of nitrogens with one attached hydrogen (secondary N) is 1. The summed E-state index contributed by atoms with van der Waals surface area (Å²) in [6.45, 7) is 10.2. The number of hydrogen-bond acceptors (Lipinski definition) is 5. The van der Waals surface area contributed by atoms with Crippen molar-refractivity contribution in [3.8, 4) is 11.3 Å². The molecule has 1 aromatic heterocycles. The van der Waals surface area contributed by atoms with E-state index in [0.717, 1.165) is 36.3 Å². The Kier molecular flexibility index (Phi) is 7.43. The maximum atomic E-state index is 13.4. The van der Waals surface area contributed by atoms with E-state index in [-0.39, 0.29) is 11.6 Å². The van der Waals surface area contributed by atoms with Gasteiger partial charge in [-0.3, -0.25) is 9.59 Å². The Labute approximate surface area is 200 Å². The molecule has 4 rings (SSSR count). The van der Waals surface area contributed by atoms with Crippen LogP contribution in [-0.2, 0) is 11.2 Å². The highest BCUT2D eigenvalue weighted by molar-refractivity contribution is 5.96. The Balaban J connectivity index is 1.50. The number of benzene rings is 2. The molecule has 1 unspecified atom stereocenters. The summed E-state index contributed by atoms with van der Waals surface area (Å²) in [7, 11) is 0. The molecule has 2 aromatic carbocycles. The molecule has 1 saturated heterocycles. The number of carbonyl (C=O) groups is 2. The lowest BCUT2D eigenvalue weighted by Gasteiger charge is -2.36. The molecule has 34 heavy (non-hydrogen) atoms. The van der Waals surface area contributed by atoms with Crippen LogP contribution in [0.15, 0.2) is 59.1 Å². The number of aryl methyl sites for hydroxylation is 2. The monoisotopic (exact) mass is 460 g/mol. The zero-order chi connectivity index (χ0) is 24.1. The van der Waals surface area contributed by atoms with E-state index in [4.69, 9.17) is 4.52 Å². The van der Waals surface area contributed by atoms with Crippen molar-refractivity contribution in [3.63, 3.8) is 0 Å². The normalized spacial score (nSPS) is 15.2. The van der Waals surface area contributed by atoms with Gasteiger partial charge in [0.1, 0.15) is 6.04 Å². The van der Waals surface area contributed by atoms with E-state index < -0.39 is 11.9 Å². The Morgan fingerprint density at radius 3 is 2.41 bits per heavy atom. The fourth-order valence-corrected chi connectivity index (χ4v) is 4.20. The van der Waals surface area contributed by atoms with E-state index in [1.54, 1.807) is 6.07 Å². The lowest BCUT2D eigenvalue weighted by molar-refractivity contribution is -0.135. The Bertz CT molecular complexity index is 1130. The quantitative estimate of drug-likeness (QED) is 0.584.